The summed E-state index contributed by atoms with van der Waals surface area (Å²) in [5.41, 5.74) is 1.21. The van der Waals surface area contributed by atoms with Crippen molar-refractivity contribution >= 4 is 11.6 Å². The lowest BCUT2D eigenvalue weighted by Gasteiger charge is -2.31. The third-order valence-corrected chi connectivity index (χ3v) is 4.67. The summed E-state index contributed by atoms with van der Waals surface area (Å²) in [7, 11) is 0. The number of ketones is 2. The number of piperazine rings is 1. The van der Waals surface area contributed by atoms with Crippen LogP contribution < -0.4 is 5.31 Å². The molecule has 0 bridgehead atoms. The van der Waals surface area contributed by atoms with Gasteiger partial charge in [0.25, 0.3) is 0 Å². The summed E-state index contributed by atoms with van der Waals surface area (Å²) in [5.74, 6) is 0.403. The first-order valence-electron chi connectivity index (χ1n) is 8.31. The lowest BCUT2D eigenvalue weighted by atomic mass is 9.88. The molecule has 118 valence electrons. The number of hydrogen-bond donors (Lipinski definition) is 1. The highest BCUT2D eigenvalue weighted by atomic mass is 16.4. The molecule has 5 nitrogen and oxygen atoms in total. The lowest BCUT2D eigenvalue weighted by Crippen LogP contribution is -2.44. The van der Waals surface area contributed by atoms with Crippen LogP contribution in [0.2, 0.25) is 1.41 Å². The summed E-state index contributed by atoms with van der Waals surface area (Å²) in [5, 5.41) is 1.54. The fraction of sp³-hybridized carbons (Fsp3) is 0.333. The molecule has 4 rings (SSSR count). The Balaban J connectivity index is 1.67. The molecule has 2 aromatic rings. The Morgan fingerprint density at radius 2 is 1.78 bits per heavy atom. The van der Waals surface area contributed by atoms with Crippen molar-refractivity contribution in [1.29, 1.82) is 0 Å². The normalized spacial score (nSPS) is 20.8. The minimum absolute atomic E-state index is 0.0342. The summed E-state index contributed by atoms with van der Waals surface area (Å²) >= 11 is 0. The first-order valence-corrected chi connectivity index (χ1v) is 7.86. The minimum Gasteiger partial charge on any atom is -0.455 e. The molecule has 0 amide bonds. The summed E-state index contributed by atoms with van der Waals surface area (Å²) in [6.07, 6.45) is 0. The van der Waals surface area contributed by atoms with Crippen molar-refractivity contribution < 1.29 is 15.4 Å². The molecule has 1 fully saturated rings. The number of benzene rings is 1. The maximum atomic E-state index is 12.7. The van der Waals surface area contributed by atoms with Crippen LogP contribution in [0.15, 0.2) is 34.7 Å². The molecule has 2 heterocycles. The van der Waals surface area contributed by atoms with Crippen molar-refractivity contribution in [2.45, 2.75) is 13.0 Å². The van der Waals surface area contributed by atoms with Crippen LogP contribution in [-0.2, 0) is 0 Å². The van der Waals surface area contributed by atoms with Crippen LogP contribution in [-0.4, -0.2) is 42.6 Å². The van der Waals surface area contributed by atoms with E-state index in [2.05, 4.69) is 4.90 Å². The number of fused-ring (bicyclic) bond motifs is 2. The third kappa shape index (κ3) is 2.24. The summed E-state index contributed by atoms with van der Waals surface area (Å²) < 4.78 is 13.4. The van der Waals surface area contributed by atoms with Gasteiger partial charge < -0.3 is 9.73 Å². The molecular formula is C18H18N2O3. The molecule has 0 radical (unpaired) electrons. The van der Waals surface area contributed by atoms with E-state index in [1.54, 1.807) is 35.6 Å². The van der Waals surface area contributed by atoms with Gasteiger partial charge in [-0.3, -0.25) is 14.5 Å². The molecular weight excluding hydrogens is 292 g/mol. The van der Waals surface area contributed by atoms with Crippen molar-refractivity contribution in [1.82, 2.24) is 10.2 Å². The lowest BCUT2D eigenvalue weighted by molar-refractivity contribution is 0.0955. The third-order valence-electron chi connectivity index (χ3n) is 4.67. The number of furan rings is 1. The topological polar surface area (TPSA) is 62.6 Å². The molecule has 1 N–H and O–H groups in total. The molecule has 1 aromatic heterocycles. The first-order chi connectivity index (χ1) is 11.6. The second-order valence-corrected chi connectivity index (χ2v) is 5.98. The van der Waals surface area contributed by atoms with Crippen molar-refractivity contribution in [3.05, 3.63) is 58.5 Å². The van der Waals surface area contributed by atoms with Crippen molar-refractivity contribution in [2.24, 2.45) is 0 Å². The first kappa shape index (κ1) is 13.2. The number of hydrogen-bond acceptors (Lipinski definition) is 5. The minimum atomic E-state index is -0.227. The van der Waals surface area contributed by atoms with Crippen molar-refractivity contribution in [2.75, 3.05) is 26.2 Å². The molecule has 0 spiro atoms. The van der Waals surface area contributed by atoms with E-state index in [0.29, 0.717) is 35.5 Å². The number of carbonyl (C=O) groups excluding carboxylic acids is 2. The Bertz CT molecular complexity index is 769. The van der Waals surface area contributed by atoms with Gasteiger partial charge in [-0.2, -0.15) is 0 Å². The molecule has 23 heavy (non-hydrogen) atoms. The van der Waals surface area contributed by atoms with E-state index in [4.69, 9.17) is 5.83 Å². The summed E-state index contributed by atoms with van der Waals surface area (Å²) in [4.78, 5) is 27.5. The van der Waals surface area contributed by atoms with Gasteiger partial charge in [0.05, 0.1) is 11.6 Å². The highest BCUT2D eigenvalue weighted by molar-refractivity contribution is 6.27. The molecule has 2 aliphatic rings. The van der Waals surface area contributed by atoms with Crippen LogP contribution in [0.4, 0.5) is 0 Å². The standard InChI is InChI=1S/C18H18N2O3/c1-11(20-8-6-19-7-9-20)15-10-14-16(21)12-4-2-3-5-13(12)17(22)18(14)23-15/h2-5,10-11,19H,6-9H2,1H3/i/hD. The summed E-state index contributed by atoms with van der Waals surface area (Å²) in [6.45, 7) is 4.88. The Kier molecular flexibility index (Phi) is 3.13. The number of rotatable bonds is 2. The van der Waals surface area contributed by atoms with E-state index in [-0.39, 0.29) is 23.4 Å². The van der Waals surface area contributed by atoms with E-state index >= 15 is 0 Å². The van der Waals surface area contributed by atoms with Crippen LogP contribution >= 0.6 is 0 Å². The van der Waals surface area contributed by atoms with Crippen molar-refractivity contribution in [3.63, 3.8) is 0 Å². The molecule has 1 atom stereocenters. The summed E-state index contributed by atoms with van der Waals surface area (Å²) in [6, 6.07) is 8.54. The number of carbonyl (C=O) groups is 2. The van der Waals surface area contributed by atoms with Gasteiger partial charge in [-0.15, -0.1) is 0 Å². The van der Waals surface area contributed by atoms with Crippen LogP contribution in [0.1, 0.15) is 50.8 Å². The Labute approximate surface area is 135 Å². The largest absolute Gasteiger partial charge is 0.455 e. The van der Waals surface area contributed by atoms with Crippen LogP contribution in [0.5, 0.6) is 0 Å². The second kappa shape index (κ2) is 5.44. The van der Waals surface area contributed by atoms with E-state index in [1.807, 2.05) is 6.92 Å². The number of nitrogens with one attached hydrogen (secondary N) is 1. The fourth-order valence-electron chi connectivity index (χ4n) is 3.29. The highest BCUT2D eigenvalue weighted by Gasteiger charge is 2.34. The zero-order valence-electron chi connectivity index (χ0n) is 13.9. The van der Waals surface area contributed by atoms with Crippen LogP contribution in [0, 0.1) is 0 Å². The Hall–Kier alpha value is -2.24. The Morgan fingerprint density at radius 1 is 1.13 bits per heavy atom. The van der Waals surface area contributed by atoms with Gasteiger partial charge in [-0.1, -0.05) is 24.3 Å². The van der Waals surface area contributed by atoms with E-state index in [1.165, 1.54) is 0 Å². The Morgan fingerprint density at radius 3 is 2.48 bits per heavy atom. The molecule has 1 aliphatic heterocycles. The van der Waals surface area contributed by atoms with Crippen LogP contribution in [0.25, 0.3) is 0 Å². The SMILES string of the molecule is [2H]N1CCN(C(C)c2cc3c(o2)C(=O)c2ccccc2C3=O)CC1. The molecule has 5 heteroatoms. The molecule has 1 aliphatic carbocycles. The average molecular weight is 311 g/mol. The highest BCUT2D eigenvalue weighted by Crippen LogP contribution is 2.33. The van der Waals surface area contributed by atoms with E-state index in [0.717, 1.165) is 13.1 Å². The van der Waals surface area contributed by atoms with Gasteiger partial charge in [0.15, 0.2) is 11.5 Å². The number of nitrogens with zero attached hydrogens (tertiary/aromatic N) is 1. The predicted octanol–water partition coefficient (Wildman–Crippen LogP) is 2.02. The molecule has 0 saturated carbocycles. The molecule has 1 saturated heterocycles. The van der Waals surface area contributed by atoms with Gasteiger partial charge in [-0.25, -0.2) is 0 Å². The fourth-order valence-corrected chi connectivity index (χ4v) is 3.29. The smallest absolute Gasteiger partial charge is 0.229 e. The molecule has 1 unspecified atom stereocenters. The quantitative estimate of drug-likeness (QED) is 0.784. The van der Waals surface area contributed by atoms with Gasteiger partial charge in [0, 0.05) is 37.3 Å². The van der Waals surface area contributed by atoms with E-state index < -0.39 is 0 Å². The zero-order chi connectivity index (χ0) is 16.8. The van der Waals surface area contributed by atoms with Crippen molar-refractivity contribution in [3.8, 4) is 0 Å². The van der Waals surface area contributed by atoms with Gasteiger partial charge in [0.1, 0.15) is 7.17 Å². The van der Waals surface area contributed by atoms with Crippen LogP contribution in [0.3, 0.4) is 0 Å². The monoisotopic (exact) mass is 311 g/mol. The zero-order valence-corrected chi connectivity index (χ0v) is 12.9. The van der Waals surface area contributed by atoms with Gasteiger partial charge in [0.2, 0.25) is 5.78 Å². The second-order valence-electron chi connectivity index (χ2n) is 5.98. The van der Waals surface area contributed by atoms with E-state index in [9.17, 15) is 9.59 Å². The maximum absolute atomic E-state index is 12.7. The molecule has 1 aromatic carbocycles. The van der Waals surface area contributed by atoms with Gasteiger partial charge >= 0.3 is 0 Å². The maximum Gasteiger partial charge on any atom is 0.229 e. The predicted molar refractivity (Wildman–Crippen MR) is 84.9 cm³/mol. The average Bonchev–Trinajstić information content (AvgIpc) is 3.05. The van der Waals surface area contributed by atoms with Gasteiger partial charge in [-0.05, 0) is 13.0 Å².